The second-order valence-electron chi connectivity index (χ2n) is 4.95. The van der Waals surface area contributed by atoms with E-state index in [1.54, 1.807) is 11.0 Å². The lowest BCUT2D eigenvalue weighted by molar-refractivity contribution is 0.0790. The van der Waals surface area contributed by atoms with Crippen LogP contribution < -0.4 is 5.73 Å². The maximum atomic E-state index is 12.3. The van der Waals surface area contributed by atoms with Crippen LogP contribution in [-0.2, 0) is 13.0 Å². The average molecular weight is 288 g/mol. The molecule has 106 valence electrons. The van der Waals surface area contributed by atoms with Crippen LogP contribution in [0.4, 0.5) is 5.69 Å². The molecule has 0 unspecified atom stereocenters. The van der Waals surface area contributed by atoms with Crippen LogP contribution in [0.5, 0.6) is 0 Å². The molecule has 4 heteroatoms. The van der Waals surface area contributed by atoms with Gasteiger partial charge in [-0.3, -0.25) is 4.79 Å². The Morgan fingerprint density at radius 3 is 2.35 bits per heavy atom. The number of carbonyl (C=O) groups excluding carboxylic acids is 1. The van der Waals surface area contributed by atoms with Gasteiger partial charge in [0.1, 0.15) is 0 Å². The molecule has 1 amide bonds. The first-order valence-corrected chi connectivity index (χ1v) is 7.52. The Hall–Kier alpha value is -1.81. The number of thiophene rings is 1. The molecule has 0 aliphatic rings. The molecular weight excluding hydrogens is 268 g/mol. The van der Waals surface area contributed by atoms with E-state index in [4.69, 9.17) is 5.73 Å². The highest BCUT2D eigenvalue weighted by Crippen LogP contribution is 2.24. The van der Waals surface area contributed by atoms with Crippen LogP contribution in [0.25, 0.3) is 0 Å². The van der Waals surface area contributed by atoms with Gasteiger partial charge in [-0.1, -0.05) is 31.2 Å². The fraction of sp³-hybridized carbons (Fsp3) is 0.312. The van der Waals surface area contributed by atoms with Gasteiger partial charge in [-0.05, 0) is 30.5 Å². The molecule has 2 aromatic rings. The van der Waals surface area contributed by atoms with Crippen LogP contribution in [0.2, 0.25) is 0 Å². The van der Waals surface area contributed by atoms with Crippen molar-refractivity contribution in [3.8, 4) is 0 Å². The lowest BCUT2D eigenvalue weighted by Gasteiger charge is -2.16. The standard InChI is InChI=1S/C16H20N2OS/c1-4-12-5-7-13(8-6-12)10-18(3)16(19)15-9-14(17)11(2)20-15/h5-9H,4,10,17H2,1-3H3. The lowest BCUT2D eigenvalue weighted by Crippen LogP contribution is -2.25. The van der Waals surface area contributed by atoms with Gasteiger partial charge in [-0.25, -0.2) is 0 Å². The van der Waals surface area contributed by atoms with E-state index in [9.17, 15) is 4.79 Å². The third kappa shape index (κ3) is 3.20. The van der Waals surface area contributed by atoms with Crippen LogP contribution in [0.15, 0.2) is 30.3 Å². The highest BCUT2D eigenvalue weighted by Gasteiger charge is 2.15. The third-order valence-electron chi connectivity index (χ3n) is 3.36. The summed E-state index contributed by atoms with van der Waals surface area (Å²) in [7, 11) is 1.82. The Kier molecular flexibility index (Phi) is 4.45. The molecule has 0 spiro atoms. The summed E-state index contributed by atoms with van der Waals surface area (Å²) in [5.41, 5.74) is 8.94. The molecule has 0 saturated carbocycles. The Balaban J connectivity index is 2.06. The number of nitrogens with two attached hydrogens (primary N) is 1. The fourth-order valence-electron chi connectivity index (χ4n) is 2.02. The summed E-state index contributed by atoms with van der Waals surface area (Å²) in [4.78, 5) is 15.7. The first-order chi connectivity index (χ1) is 9.51. The van der Waals surface area contributed by atoms with Gasteiger partial charge in [0.25, 0.3) is 5.91 Å². The van der Waals surface area contributed by atoms with Crippen molar-refractivity contribution in [1.82, 2.24) is 4.90 Å². The molecule has 0 aliphatic carbocycles. The van der Waals surface area contributed by atoms with Crippen molar-refractivity contribution in [3.63, 3.8) is 0 Å². The number of hydrogen-bond donors (Lipinski definition) is 1. The third-order valence-corrected chi connectivity index (χ3v) is 4.42. The molecular formula is C16H20N2OS. The zero-order valence-electron chi connectivity index (χ0n) is 12.1. The van der Waals surface area contributed by atoms with Crippen molar-refractivity contribution in [2.24, 2.45) is 0 Å². The van der Waals surface area contributed by atoms with Gasteiger partial charge in [-0.15, -0.1) is 11.3 Å². The van der Waals surface area contributed by atoms with E-state index < -0.39 is 0 Å². The van der Waals surface area contributed by atoms with E-state index in [1.807, 2.05) is 14.0 Å². The van der Waals surface area contributed by atoms with E-state index in [2.05, 4.69) is 31.2 Å². The van der Waals surface area contributed by atoms with Crippen molar-refractivity contribution >= 4 is 22.9 Å². The molecule has 0 fully saturated rings. The molecule has 0 saturated heterocycles. The number of rotatable bonds is 4. The Bertz CT molecular complexity index is 582. The number of benzene rings is 1. The van der Waals surface area contributed by atoms with Crippen molar-refractivity contribution in [1.29, 1.82) is 0 Å². The molecule has 2 N–H and O–H groups in total. The topological polar surface area (TPSA) is 46.3 Å². The lowest BCUT2D eigenvalue weighted by atomic mass is 10.1. The van der Waals surface area contributed by atoms with Gasteiger partial charge < -0.3 is 10.6 Å². The van der Waals surface area contributed by atoms with Crippen LogP contribution in [0.1, 0.15) is 32.6 Å². The average Bonchev–Trinajstić information content (AvgIpc) is 2.78. The predicted octanol–water partition coefficient (Wildman–Crippen LogP) is 3.47. The highest BCUT2D eigenvalue weighted by atomic mass is 32.1. The molecule has 0 atom stereocenters. The highest BCUT2D eigenvalue weighted by molar-refractivity contribution is 7.14. The number of nitrogens with zero attached hydrogens (tertiary/aromatic N) is 1. The molecule has 1 aromatic heterocycles. The zero-order valence-corrected chi connectivity index (χ0v) is 13.0. The molecule has 2 rings (SSSR count). The largest absolute Gasteiger partial charge is 0.398 e. The Morgan fingerprint density at radius 2 is 1.85 bits per heavy atom. The van der Waals surface area contributed by atoms with Crippen LogP contribution in [-0.4, -0.2) is 17.9 Å². The van der Waals surface area contributed by atoms with E-state index in [1.165, 1.54) is 16.9 Å². The minimum absolute atomic E-state index is 0.0226. The van der Waals surface area contributed by atoms with Gasteiger partial charge in [0.05, 0.1) is 4.88 Å². The Morgan fingerprint density at radius 1 is 1.25 bits per heavy atom. The first kappa shape index (κ1) is 14.6. The van der Waals surface area contributed by atoms with Crippen molar-refractivity contribution in [2.75, 3.05) is 12.8 Å². The zero-order chi connectivity index (χ0) is 14.7. The van der Waals surface area contributed by atoms with Crippen molar-refractivity contribution in [3.05, 3.63) is 51.2 Å². The summed E-state index contributed by atoms with van der Waals surface area (Å²) in [5, 5.41) is 0. The molecule has 0 bridgehead atoms. The maximum absolute atomic E-state index is 12.3. The normalized spacial score (nSPS) is 10.6. The number of aryl methyl sites for hydroxylation is 2. The molecule has 3 nitrogen and oxygen atoms in total. The summed E-state index contributed by atoms with van der Waals surface area (Å²) < 4.78 is 0. The summed E-state index contributed by atoms with van der Waals surface area (Å²) >= 11 is 1.45. The van der Waals surface area contributed by atoms with Crippen LogP contribution in [0, 0.1) is 6.92 Å². The van der Waals surface area contributed by atoms with E-state index in [0.29, 0.717) is 17.1 Å². The quantitative estimate of drug-likeness (QED) is 0.936. The van der Waals surface area contributed by atoms with Gasteiger partial charge in [0.2, 0.25) is 0 Å². The van der Waals surface area contributed by atoms with Crippen LogP contribution >= 0.6 is 11.3 Å². The number of amides is 1. The van der Waals surface area contributed by atoms with E-state index in [0.717, 1.165) is 16.9 Å². The minimum Gasteiger partial charge on any atom is -0.398 e. The summed E-state index contributed by atoms with van der Waals surface area (Å²) in [5.74, 6) is 0.0226. The van der Waals surface area contributed by atoms with Gasteiger partial charge >= 0.3 is 0 Å². The number of hydrogen-bond acceptors (Lipinski definition) is 3. The number of carbonyl (C=O) groups is 1. The smallest absolute Gasteiger partial charge is 0.264 e. The molecule has 0 aliphatic heterocycles. The number of anilines is 1. The molecule has 20 heavy (non-hydrogen) atoms. The van der Waals surface area contributed by atoms with Crippen molar-refractivity contribution in [2.45, 2.75) is 26.8 Å². The molecule has 1 heterocycles. The van der Waals surface area contributed by atoms with Gasteiger partial charge in [0.15, 0.2) is 0 Å². The predicted molar refractivity (Wildman–Crippen MR) is 85.1 cm³/mol. The first-order valence-electron chi connectivity index (χ1n) is 6.70. The number of nitrogen functional groups attached to an aromatic ring is 1. The summed E-state index contributed by atoms with van der Waals surface area (Å²) in [6, 6.07) is 10.1. The van der Waals surface area contributed by atoms with Gasteiger partial charge in [0, 0.05) is 24.2 Å². The van der Waals surface area contributed by atoms with Crippen molar-refractivity contribution < 1.29 is 4.79 Å². The molecule has 1 aromatic carbocycles. The van der Waals surface area contributed by atoms with E-state index >= 15 is 0 Å². The molecule has 0 radical (unpaired) electrons. The second kappa shape index (κ2) is 6.09. The maximum Gasteiger partial charge on any atom is 0.264 e. The Labute approximate surface area is 124 Å². The van der Waals surface area contributed by atoms with E-state index in [-0.39, 0.29) is 5.91 Å². The SMILES string of the molecule is CCc1ccc(CN(C)C(=O)c2cc(N)c(C)s2)cc1. The summed E-state index contributed by atoms with van der Waals surface area (Å²) in [6.45, 7) is 4.67. The minimum atomic E-state index is 0.0226. The fourth-order valence-corrected chi connectivity index (χ4v) is 2.95. The van der Waals surface area contributed by atoms with Crippen LogP contribution in [0.3, 0.4) is 0 Å². The second-order valence-corrected chi connectivity index (χ2v) is 6.21. The monoisotopic (exact) mass is 288 g/mol. The summed E-state index contributed by atoms with van der Waals surface area (Å²) in [6.07, 6.45) is 1.03. The van der Waals surface area contributed by atoms with Gasteiger partial charge in [-0.2, -0.15) is 0 Å².